The van der Waals surface area contributed by atoms with Gasteiger partial charge in [0.2, 0.25) is 11.5 Å². The Kier molecular flexibility index (Phi) is 3.80. The number of nitrogens with zero attached hydrogens (tertiary/aromatic N) is 3. The summed E-state index contributed by atoms with van der Waals surface area (Å²) < 4.78 is 7.00. The highest BCUT2D eigenvalue weighted by Gasteiger charge is 2.18. The molecule has 2 aromatic heterocycles. The minimum atomic E-state index is -0.306. The predicted octanol–water partition coefficient (Wildman–Crippen LogP) is 2.55. The van der Waals surface area contributed by atoms with E-state index in [1.807, 2.05) is 29.2 Å². The largest absolute Gasteiger partial charge is 0.448 e. The number of furan rings is 1. The van der Waals surface area contributed by atoms with Crippen LogP contribution in [0.15, 0.2) is 39.8 Å². The monoisotopic (exact) mass is 325 g/mol. The third kappa shape index (κ3) is 2.58. The van der Waals surface area contributed by atoms with Crippen LogP contribution in [-0.4, -0.2) is 33.4 Å². The van der Waals surface area contributed by atoms with Crippen molar-refractivity contribution in [3.05, 3.63) is 40.9 Å². The maximum absolute atomic E-state index is 12.6. The van der Waals surface area contributed by atoms with Crippen molar-refractivity contribution in [1.82, 2.24) is 14.5 Å². The Bertz CT molecular complexity index is 949. The highest BCUT2D eigenvalue weighted by molar-refractivity contribution is 6.01. The Morgan fingerprint density at radius 3 is 2.67 bits per heavy atom. The second kappa shape index (κ2) is 6.11. The molecule has 6 nitrogen and oxygen atoms in total. The number of carbonyl (C=O) groups is 1. The predicted molar refractivity (Wildman–Crippen MR) is 90.8 cm³/mol. The average Bonchev–Trinajstić information content (AvgIpc) is 2.78. The van der Waals surface area contributed by atoms with Gasteiger partial charge in [0.15, 0.2) is 0 Å². The molecule has 0 aliphatic carbocycles. The van der Waals surface area contributed by atoms with E-state index in [9.17, 15) is 9.59 Å². The van der Waals surface area contributed by atoms with Crippen molar-refractivity contribution in [3.63, 3.8) is 0 Å². The summed E-state index contributed by atoms with van der Waals surface area (Å²) in [6.45, 7) is 1.56. The van der Waals surface area contributed by atoms with Crippen LogP contribution in [0.25, 0.3) is 22.1 Å². The lowest BCUT2D eigenvalue weighted by atomic mass is 10.2. The fraction of sp³-hybridized carbons (Fsp3) is 0.389. The van der Waals surface area contributed by atoms with Gasteiger partial charge in [-0.3, -0.25) is 14.2 Å². The maximum Gasteiger partial charge on any atom is 0.297 e. The van der Waals surface area contributed by atoms with E-state index >= 15 is 0 Å². The summed E-state index contributed by atoms with van der Waals surface area (Å²) in [6.07, 6.45) is 5.83. The lowest BCUT2D eigenvalue weighted by molar-refractivity contribution is -0.131. The molecule has 0 atom stereocenters. The lowest BCUT2D eigenvalue weighted by Crippen LogP contribution is -2.37. The third-order valence-corrected chi connectivity index (χ3v) is 4.61. The number of hydrogen-bond acceptors (Lipinski definition) is 4. The summed E-state index contributed by atoms with van der Waals surface area (Å²) in [5, 5.41) is 0.815. The van der Waals surface area contributed by atoms with E-state index in [4.69, 9.17) is 4.42 Å². The zero-order valence-electron chi connectivity index (χ0n) is 13.4. The molecular formula is C18H19N3O3. The van der Waals surface area contributed by atoms with Gasteiger partial charge in [-0.25, -0.2) is 4.98 Å². The molecule has 3 aromatic rings. The maximum atomic E-state index is 12.6. The molecule has 0 radical (unpaired) electrons. The number of likely N-dealkylation sites (tertiary alicyclic amines) is 1. The van der Waals surface area contributed by atoms with Gasteiger partial charge < -0.3 is 9.32 Å². The quantitative estimate of drug-likeness (QED) is 0.726. The molecule has 1 saturated heterocycles. The number of benzene rings is 1. The van der Waals surface area contributed by atoms with Crippen molar-refractivity contribution in [2.24, 2.45) is 0 Å². The first-order chi connectivity index (χ1) is 11.7. The molecule has 1 aromatic carbocycles. The average molecular weight is 325 g/mol. The minimum absolute atomic E-state index is 0.0127. The normalized spacial score (nSPS) is 15.8. The van der Waals surface area contributed by atoms with Crippen molar-refractivity contribution < 1.29 is 9.21 Å². The van der Waals surface area contributed by atoms with E-state index in [2.05, 4.69) is 4.98 Å². The third-order valence-electron chi connectivity index (χ3n) is 4.61. The van der Waals surface area contributed by atoms with Crippen molar-refractivity contribution in [2.45, 2.75) is 32.2 Å². The van der Waals surface area contributed by atoms with Gasteiger partial charge in [-0.1, -0.05) is 25.0 Å². The number of fused-ring (bicyclic) bond motifs is 3. The van der Waals surface area contributed by atoms with Crippen molar-refractivity contribution in [1.29, 1.82) is 0 Å². The molecule has 1 amide bonds. The van der Waals surface area contributed by atoms with Gasteiger partial charge in [0.1, 0.15) is 17.6 Å². The van der Waals surface area contributed by atoms with E-state index in [0.717, 1.165) is 44.2 Å². The molecule has 0 spiro atoms. The summed E-state index contributed by atoms with van der Waals surface area (Å²) in [5.74, 6) is -0.0312. The summed E-state index contributed by atoms with van der Waals surface area (Å²) in [7, 11) is 0. The van der Waals surface area contributed by atoms with Crippen LogP contribution in [0.4, 0.5) is 0 Å². The van der Waals surface area contributed by atoms with Gasteiger partial charge in [-0.2, -0.15) is 0 Å². The number of amides is 1. The lowest BCUT2D eigenvalue weighted by Gasteiger charge is -2.20. The zero-order chi connectivity index (χ0) is 16.5. The van der Waals surface area contributed by atoms with Crippen molar-refractivity contribution in [2.75, 3.05) is 13.1 Å². The number of aromatic nitrogens is 2. The molecule has 3 heterocycles. The van der Waals surface area contributed by atoms with Gasteiger partial charge >= 0.3 is 0 Å². The highest BCUT2D eigenvalue weighted by Crippen LogP contribution is 2.24. The minimum Gasteiger partial charge on any atom is -0.448 e. The Labute approximate surface area is 138 Å². The summed E-state index contributed by atoms with van der Waals surface area (Å²) in [5.41, 5.74) is 1.09. The van der Waals surface area contributed by atoms with E-state index in [1.165, 1.54) is 10.9 Å². The van der Waals surface area contributed by atoms with E-state index in [0.29, 0.717) is 11.1 Å². The Morgan fingerprint density at radius 1 is 1.12 bits per heavy atom. The van der Waals surface area contributed by atoms with E-state index in [1.54, 1.807) is 0 Å². The number of carbonyl (C=O) groups excluding carboxylic acids is 1. The molecule has 6 heteroatoms. The van der Waals surface area contributed by atoms with Gasteiger partial charge in [-0.15, -0.1) is 0 Å². The Hall–Kier alpha value is -2.63. The molecule has 0 bridgehead atoms. The van der Waals surface area contributed by atoms with Gasteiger partial charge in [0.05, 0.1) is 6.33 Å². The Balaban J connectivity index is 1.67. The first-order valence-corrected chi connectivity index (χ1v) is 8.38. The molecule has 1 aliphatic rings. The van der Waals surface area contributed by atoms with Crippen LogP contribution < -0.4 is 5.56 Å². The summed E-state index contributed by atoms with van der Waals surface area (Å²) in [4.78, 5) is 31.3. The van der Waals surface area contributed by atoms with Crippen LogP contribution in [0.2, 0.25) is 0 Å². The molecule has 24 heavy (non-hydrogen) atoms. The number of hydrogen-bond donors (Lipinski definition) is 0. The summed E-state index contributed by atoms with van der Waals surface area (Å²) >= 11 is 0. The van der Waals surface area contributed by atoms with E-state index < -0.39 is 0 Å². The zero-order valence-corrected chi connectivity index (χ0v) is 13.4. The van der Waals surface area contributed by atoms with Crippen LogP contribution in [0, 0.1) is 0 Å². The first-order valence-electron chi connectivity index (χ1n) is 8.38. The smallest absolute Gasteiger partial charge is 0.297 e. The van der Waals surface area contributed by atoms with Gasteiger partial charge in [0, 0.05) is 18.5 Å². The van der Waals surface area contributed by atoms with Crippen molar-refractivity contribution >= 4 is 28.0 Å². The van der Waals surface area contributed by atoms with Crippen LogP contribution in [0.5, 0.6) is 0 Å². The van der Waals surface area contributed by atoms with Crippen molar-refractivity contribution in [3.8, 4) is 0 Å². The van der Waals surface area contributed by atoms with Gasteiger partial charge in [-0.05, 0) is 25.0 Å². The highest BCUT2D eigenvalue weighted by atomic mass is 16.3. The standard InChI is InChI=1S/C18H19N3O3/c22-15(20-9-5-1-2-6-10-20)11-21-12-19-16-13-7-3-4-8-14(13)24-17(16)18(21)23/h3-4,7-8,12H,1-2,5-6,9-11H2. The fourth-order valence-electron chi connectivity index (χ4n) is 3.29. The number of para-hydroxylation sites is 1. The molecule has 124 valence electrons. The molecule has 1 aliphatic heterocycles. The molecule has 0 N–H and O–H groups in total. The molecule has 1 fully saturated rings. The second-order valence-electron chi connectivity index (χ2n) is 6.25. The molecule has 0 saturated carbocycles. The molecule has 0 unspecified atom stereocenters. The molecule has 4 rings (SSSR count). The molecular weight excluding hydrogens is 306 g/mol. The van der Waals surface area contributed by atoms with Gasteiger partial charge in [0.25, 0.3) is 5.56 Å². The van der Waals surface area contributed by atoms with E-state index in [-0.39, 0.29) is 23.6 Å². The Morgan fingerprint density at radius 2 is 1.88 bits per heavy atom. The second-order valence-corrected chi connectivity index (χ2v) is 6.25. The van der Waals surface area contributed by atoms with Crippen LogP contribution in [0.1, 0.15) is 25.7 Å². The van der Waals surface area contributed by atoms with Crippen LogP contribution in [0.3, 0.4) is 0 Å². The topological polar surface area (TPSA) is 68.3 Å². The fourth-order valence-corrected chi connectivity index (χ4v) is 3.29. The summed E-state index contributed by atoms with van der Waals surface area (Å²) in [6, 6.07) is 7.42. The van der Waals surface area contributed by atoms with Crippen LogP contribution in [-0.2, 0) is 11.3 Å². The first kappa shape index (κ1) is 14.9. The SMILES string of the molecule is O=C(Cn1cnc2c(oc3ccccc32)c1=O)N1CCCCCC1. The number of rotatable bonds is 2. The van der Waals surface area contributed by atoms with Crippen LogP contribution >= 0.6 is 0 Å².